The Balaban J connectivity index is 1.96. The average Bonchev–Trinajstić information content (AvgIpc) is 2.79. The van der Waals surface area contributed by atoms with Crippen molar-refractivity contribution in [1.82, 2.24) is 10.2 Å². The summed E-state index contributed by atoms with van der Waals surface area (Å²) >= 11 is 0. The van der Waals surface area contributed by atoms with E-state index in [0.717, 1.165) is 17.7 Å². The first-order chi connectivity index (χ1) is 15.3. The maximum Gasteiger partial charge on any atom is 0.245 e. The molecule has 6 heteroatoms. The largest absolute Gasteiger partial charge is 0.491 e. The van der Waals surface area contributed by atoms with Crippen LogP contribution in [-0.2, 0) is 22.6 Å². The Morgan fingerprint density at radius 2 is 1.53 bits per heavy atom. The van der Waals surface area contributed by atoms with Crippen LogP contribution < -0.4 is 10.1 Å². The molecule has 0 spiro atoms. The molecule has 6 nitrogen and oxygen atoms in total. The smallest absolute Gasteiger partial charge is 0.245 e. The van der Waals surface area contributed by atoms with Crippen molar-refractivity contribution in [2.75, 3.05) is 0 Å². The van der Waals surface area contributed by atoms with E-state index in [-0.39, 0.29) is 23.9 Å². The number of hydrogen-bond donors (Lipinski definition) is 1. The average molecular weight is 436 g/mol. The van der Waals surface area contributed by atoms with Gasteiger partial charge in [-0.05, 0) is 68.5 Å². The van der Waals surface area contributed by atoms with Gasteiger partial charge in [-0.2, -0.15) is 0 Å². The van der Waals surface area contributed by atoms with Crippen LogP contribution in [0.25, 0.3) is 0 Å². The Morgan fingerprint density at radius 3 is 2.06 bits per heavy atom. The van der Waals surface area contributed by atoms with Gasteiger partial charge in [-0.3, -0.25) is 19.8 Å². The molecular formula is C26H33N3O3. The quantitative estimate of drug-likeness (QED) is 0.594. The predicted octanol–water partition coefficient (Wildman–Crippen LogP) is 4.99. The van der Waals surface area contributed by atoms with E-state index in [4.69, 9.17) is 4.74 Å². The molecule has 3 rings (SSSR count). The molecule has 0 saturated carbocycles. The van der Waals surface area contributed by atoms with Crippen LogP contribution in [-0.4, -0.2) is 28.8 Å². The lowest BCUT2D eigenvalue weighted by Gasteiger charge is -2.40. The van der Waals surface area contributed by atoms with E-state index in [0.29, 0.717) is 25.1 Å². The maximum atomic E-state index is 13.6. The number of carbonyl (C=O) groups is 2. The minimum absolute atomic E-state index is 0.0771. The lowest BCUT2D eigenvalue weighted by atomic mass is 9.78. The molecule has 0 atom stereocenters. The van der Waals surface area contributed by atoms with Crippen molar-refractivity contribution in [1.29, 1.82) is 0 Å². The SMILES string of the molecule is CCc1ccc(CN2C(=O)C(CC)(CC)C(=O)NC2=Nc2ccc(OC(C)C)cc2)cc1. The molecule has 32 heavy (non-hydrogen) atoms. The summed E-state index contributed by atoms with van der Waals surface area (Å²) in [7, 11) is 0. The summed E-state index contributed by atoms with van der Waals surface area (Å²) in [6, 6.07) is 15.5. The van der Waals surface area contributed by atoms with Gasteiger partial charge in [0.2, 0.25) is 17.8 Å². The topological polar surface area (TPSA) is 71.0 Å². The normalized spacial score (nSPS) is 17.1. The van der Waals surface area contributed by atoms with E-state index >= 15 is 0 Å². The maximum absolute atomic E-state index is 13.6. The van der Waals surface area contributed by atoms with Gasteiger partial charge in [-0.1, -0.05) is 45.0 Å². The van der Waals surface area contributed by atoms with Gasteiger partial charge in [0, 0.05) is 0 Å². The van der Waals surface area contributed by atoms with Crippen molar-refractivity contribution in [2.45, 2.75) is 66.5 Å². The van der Waals surface area contributed by atoms with Crippen molar-refractivity contribution in [3.8, 4) is 5.75 Å². The van der Waals surface area contributed by atoms with Gasteiger partial charge in [0.1, 0.15) is 11.2 Å². The molecule has 1 N–H and O–H groups in total. The number of hydrogen-bond acceptors (Lipinski definition) is 4. The van der Waals surface area contributed by atoms with E-state index in [1.807, 2.05) is 64.1 Å². The molecule has 0 unspecified atom stereocenters. The highest BCUT2D eigenvalue weighted by molar-refractivity contribution is 6.20. The summed E-state index contributed by atoms with van der Waals surface area (Å²) in [6.07, 6.45) is 1.91. The molecule has 0 bridgehead atoms. The third-order valence-electron chi connectivity index (χ3n) is 5.99. The van der Waals surface area contributed by atoms with Gasteiger partial charge in [0.25, 0.3) is 0 Å². The summed E-state index contributed by atoms with van der Waals surface area (Å²) in [5.74, 6) is 0.513. The second-order valence-electron chi connectivity index (χ2n) is 8.40. The molecule has 2 aromatic rings. The lowest BCUT2D eigenvalue weighted by molar-refractivity contribution is -0.151. The Hall–Kier alpha value is -3.15. The number of rotatable bonds is 8. The number of aryl methyl sites for hydroxylation is 1. The van der Waals surface area contributed by atoms with Crippen LogP contribution >= 0.6 is 0 Å². The zero-order valence-electron chi connectivity index (χ0n) is 19.6. The van der Waals surface area contributed by atoms with Gasteiger partial charge in [-0.15, -0.1) is 0 Å². The van der Waals surface area contributed by atoms with Gasteiger partial charge in [-0.25, -0.2) is 4.99 Å². The molecule has 0 aliphatic carbocycles. The molecule has 2 amide bonds. The molecule has 1 fully saturated rings. The first-order valence-electron chi connectivity index (χ1n) is 11.4. The van der Waals surface area contributed by atoms with Crippen LogP contribution in [0.3, 0.4) is 0 Å². The van der Waals surface area contributed by atoms with Gasteiger partial charge in [0.05, 0.1) is 18.3 Å². The van der Waals surface area contributed by atoms with E-state index in [1.165, 1.54) is 5.56 Å². The third kappa shape index (κ3) is 4.85. The number of nitrogens with zero attached hydrogens (tertiary/aromatic N) is 2. The Bertz CT molecular complexity index is 974. The number of ether oxygens (including phenoxy) is 1. The zero-order chi connectivity index (χ0) is 23.3. The number of aliphatic imine (C=N–C) groups is 1. The van der Waals surface area contributed by atoms with Crippen molar-refractivity contribution >= 4 is 23.5 Å². The summed E-state index contributed by atoms with van der Waals surface area (Å²) in [6.45, 7) is 10.2. The van der Waals surface area contributed by atoms with E-state index < -0.39 is 5.41 Å². The third-order valence-corrected chi connectivity index (χ3v) is 5.99. The standard InChI is InChI=1S/C26H33N3O3/c1-6-19-9-11-20(12-10-19)17-29-24(31)26(7-2,8-3)23(30)28-25(29)27-21-13-15-22(16-14-21)32-18(4)5/h9-16,18H,6-8,17H2,1-5H3,(H,27,28,30). The molecule has 0 aromatic heterocycles. The molecule has 1 saturated heterocycles. The molecule has 0 radical (unpaired) electrons. The van der Waals surface area contributed by atoms with E-state index in [2.05, 4.69) is 29.4 Å². The molecule has 1 aliphatic heterocycles. The monoisotopic (exact) mass is 435 g/mol. The fourth-order valence-electron chi connectivity index (χ4n) is 3.91. The number of benzene rings is 2. The van der Waals surface area contributed by atoms with Crippen molar-refractivity contribution in [3.63, 3.8) is 0 Å². The first-order valence-corrected chi connectivity index (χ1v) is 11.4. The highest BCUT2D eigenvalue weighted by Crippen LogP contribution is 2.34. The van der Waals surface area contributed by atoms with Crippen LogP contribution in [0.2, 0.25) is 0 Å². The van der Waals surface area contributed by atoms with Gasteiger partial charge < -0.3 is 4.74 Å². The summed E-state index contributed by atoms with van der Waals surface area (Å²) in [4.78, 5) is 32.8. The molecular weight excluding hydrogens is 402 g/mol. The second-order valence-corrected chi connectivity index (χ2v) is 8.40. The van der Waals surface area contributed by atoms with Crippen LogP contribution in [0.4, 0.5) is 5.69 Å². The summed E-state index contributed by atoms with van der Waals surface area (Å²) < 4.78 is 5.69. The van der Waals surface area contributed by atoms with Crippen LogP contribution in [0.1, 0.15) is 58.6 Å². The van der Waals surface area contributed by atoms with Crippen molar-refractivity contribution < 1.29 is 14.3 Å². The predicted molar refractivity (Wildman–Crippen MR) is 127 cm³/mol. The van der Waals surface area contributed by atoms with Gasteiger partial charge >= 0.3 is 0 Å². The van der Waals surface area contributed by atoms with Crippen molar-refractivity contribution in [2.24, 2.45) is 10.4 Å². The highest BCUT2D eigenvalue weighted by atomic mass is 16.5. The molecule has 1 aliphatic rings. The fourth-order valence-corrected chi connectivity index (χ4v) is 3.91. The minimum Gasteiger partial charge on any atom is -0.491 e. The van der Waals surface area contributed by atoms with Crippen molar-refractivity contribution in [3.05, 3.63) is 59.7 Å². The van der Waals surface area contributed by atoms with E-state index in [9.17, 15) is 9.59 Å². The number of guanidine groups is 1. The number of amides is 2. The van der Waals surface area contributed by atoms with Crippen LogP contribution in [0, 0.1) is 5.41 Å². The molecule has 2 aromatic carbocycles. The number of carbonyl (C=O) groups excluding carboxylic acids is 2. The van der Waals surface area contributed by atoms with Crippen LogP contribution in [0.5, 0.6) is 5.75 Å². The highest BCUT2D eigenvalue weighted by Gasteiger charge is 2.50. The van der Waals surface area contributed by atoms with E-state index in [1.54, 1.807) is 4.90 Å². The second kappa shape index (κ2) is 9.98. The lowest BCUT2D eigenvalue weighted by Crippen LogP contribution is -2.63. The minimum atomic E-state index is -1.07. The Labute approximate surface area is 190 Å². The van der Waals surface area contributed by atoms with Crippen LogP contribution in [0.15, 0.2) is 53.5 Å². The number of nitrogens with one attached hydrogen (secondary N) is 1. The zero-order valence-corrected chi connectivity index (χ0v) is 19.6. The Kier molecular flexibility index (Phi) is 7.33. The first kappa shape index (κ1) is 23.5. The molecule has 1 heterocycles. The summed E-state index contributed by atoms with van der Waals surface area (Å²) in [5.41, 5.74) is 1.79. The molecule has 170 valence electrons. The Morgan fingerprint density at radius 1 is 0.938 bits per heavy atom. The summed E-state index contributed by atoms with van der Waals surface area (Å²) in [5, 5.41) is 2.91. The fraction of sp³-hybridized carbons (Fsp3) is 0.423. The van der Waals surface area contributed by atoms with Gasteiger partial charge in [0.15, 0.2) is 0 Å².